The van der Waals surface area contributed by atoms with E-state index in [4.69, 9.17) is 0 Å². The van der Waals surface area contributed by atoms with Crippen LogP contribution < -0.4 is 0 Å². The van der Waals surface area contributed by atoms with Crippen molar-refractivity contribution in [3.63, 3.8) is 0 Å². The predicted molar refractivity (Wildman–Crippen MR) is 71.3 cm³/mol. The van der Waals surface area contributed by atoms with E-state index in [9.17, 15) is 14.5 Å². The number of nitrogens with zero attached hydrogens (tertiary/aromatic N) is 1. The molecule has 0 aliphatic carbocycles. The van der Waals surface area contributed by atoms with Crippen LogP contribution in [0.25, 0.3) is 0 Å². The first-order chi connectivity index (χ1) is 8.56. The number of hydrogen-bond donors (Lipinski definition) is 0. The van der Waals surface area contributed by atoms with Crippen molar-refractivity contribution in [1.29, 1.82) is 0 Å². The van der Waals surface area contributed by atoms with Crippen LogP contribution in [0.3, 0.4) is 0 Å². The van der Waals surface area contributed by atoms with Crippen molar-refractivity contribution >= 4 is 33.4 Å². The number of hydrogen-bond acceptors (Lipinski definition) is 3. The number of benzene rings is 2. The summed E-state index contributed by atoms with van der Waals surface area (Å²) < 4.78 is 13.7. The molecule has 0 aromatic heterocycles. The number of nitro benzene ring substituents is 1. The van der Waals surface area contributed by atoms with E-state index >= 15 is 0 Å². The molecule has 0 fully saturated rings. The van der Waals surface area contributed by atoms with E-state index in [1.807, 2.05) is 0 Å². The minimum atomic E-state index is -0.452. The average Bonchev–Trinajstić information content (AvgIpc) is 2.31. The molecular formula is C12H7BrFNO2S. The van der Waals surface area contributed by atoms with Crippen LogP contribution in [0.1, 0.15) is 0 Å². The Morgan fingerprint density at radius 2 is 2.00 bits per heavy atom. The van der Waals surface area contributed by atoms with Crippen molar-refractivity contribution in [3.05, 3.63) is 62.9 Å². The lowest BCUT2D eigenvalue weighted by atomic mass is 10.3. The van der Waals surface area contributed by atoms with Crippen molar-refractivity contribution in [2.45, 2.75) is 9.79 Å². The van der Waals surface area contributed by atoms with Gasteiger partial charge >= 0.3 is 0 Å². The van der Waals surface area contributed by atoms with E-state index in [1.165, 1.54) is 18.2 Å². The maximum Gasteiger partial charge on any atom is 0.284 e. The van der Waals surface area contributed by atoms with Gasteiger partial charge in [0.15, 0.2) is 0 Å². The first-order valence-corrected chi connectivity index (χ1v) is 6.54. The van der Waals surface area contributed by atoms with Crippen LogP contribution in [0.15, 0.2) is 56.7 Å². The van der Waals surface area contributed by atoms with Gasteiger partial charge < -0.3 is 0 Å². The van der Waals surface area contributed by atoms with Gasteiger partial charge in [-0.2, -0.15) is 0 Å². The Morgan fingerprint density at radius 1 is 1.22 bits per heavy atom. The molecule has 0 radical (unpaired) electrons. The molecule has 92 valence electrons. The van der Waals surface area contributed by atoms with Gasteiger partial charge in [0.05, 0.1) is 9.82 Å². The summed E-state index contributed by atoms with van der Waals surface area (Å²) in [6, 6.07) is 10.7. The monoisotopic (exact) mass is 327 g/mol. The Hall–Kier alpha value is -1.40. The summed E-state index contributed by atoms with van der Waals surface area (Å²) in [6.07, 6.45) is 0. The van der Waals surface area contributed by atoms with Crippen LogP contribution in [-0.2, 0) is 0 Å². The van der Waals surface area contributed by atoms with Gasteiger partial charge in [0.25, 0.3) is 5.69 Å². The van der Waals surface area contributed by atoms with Gasteiger partial charge in [0.2, 0.25) is 0 Å². The first kappa shape index (κ1) is 13.0. The molecule has 0 amide bonds. The Morgan fingerprint density at radius 3 is 2.67 bits per heavy atom. The predicted octanol–water partition coefficient (Wildman–Crippen LogP) is 4.65. The van der Waals surface area contributed by atoms with Gasteiger partial charge in [-0.15, -0.1) is 0 Å². The van der Waals surface area contributed by atoms with Gasteiger partial charge in [-0.1, -0.05) is 33.8 Å². The molecule has 2 aromatic carbocycles. The highest BCUT2D eigenvalue weighted by atomic mass is 79.9. The minimum Gasteiger partial charge on any atom is -0.258 e. The molecule has 6 heteroatoms. The van der Waals surface area contributed by atoms with Crippen LogP contribution in [0.2, 0.25) is 0 Å². The Bertz CT molecular complexity index is 606. The van der Waals surface area contributed by atoms with E-state index in [2.05, 4.69) is 15.9 Å². The molecule has 2 aromatic rings. The van der Waals surface area contributed by atoms with Gasteiger partial charge in [0.1, 0.15) is 5.82 Å². The maximum atomic E-state index is 13.0. The molecule has 0 heterocycles. The first-order valence-electron chi connectivity index (χ1n) is 4.93. The summed E-state index contributed by atoms with van der Waals surface area (Å²) in [5.41, 5.74) is -0.00126. The van der Waals surface area contributed by atoms with E-state index in [0.717, 1.165) is 11.8 Å². The van der Waals surface area contributed by atoms with Crippen LogP contribution in [-0.4, -0.2) is 4.92 Å². The maximum absolute atomic E-state index is 13.0. The van der Waals surface area contributed by atoms with E-state index in [-0.39, 0.29) is 11.5 Å². The second-order valence-electron chi connectivity index (χ2n) is 3.43. The quantitative estimate of drug-likeness (QED) is 0.608. The van der Waals surface area contributed by atoms with Gasteiger partial charge in [-0.3, -0.25) is 10.1 Å². The fraction of sp³-hybridized carbons (Fsp3) is 0. The molecule has 0 saturated heterocycles. The Labute approximate surface area is 115 Å². The van der Waals surface area contributed by atoms with Gasteiger partial charge in [-0.05, 0) is 30.3 Å². The number of halogens is 2. The van der Waals surface area contributed by atoms with Crippen LogP contribution in [0.5, 0.6) is 0 Å². The third-order valence-electron chi connectivity index (χ3n) is 2.14. The molecule has 0 spiro atoms. The smallest absolute Gasteiger partial charge is 0.258 e. The second kappa shape index (κ2) is 5.49. The third-order valence-corrected chi connectivity index (χ3v) is 3.69. The van der Waals surface area contributed by atoms with E-state index < -0.39 is 4.92 Å². The molecule has 0 aliphatic heterocycles. The third kappa shape index (κ3) is 3.08. The van der Waals surface area contributed by atoms with Crippen LogP contribution >= 0.6 is 27.7 Å². The molecular weight excluding hydrogens is 321 g/mol. The van der Waals surface area contributed by atoms with Crippen molar-refractivity contribution in [3.8, 4) is 0 Å². The molecule has 2 rings (SSSR count). The number of nitro groups is 1. The SMILES string of the molecule is O=[N+]([O-])c1cc(Br)ccc1Sc1cccc(F)c1. The van der Waals surface area contributed by atoms with Crippen LogP contribution in [0.4, 0.5) is 10.1 Å². The van der Waals surface area contributed by atoms with Crippen molar-refractivity contribution < 1.29 is 9.31 Å². The summed E-state index contributed by atoms with van der Waals surface area (Å²) >= 11 is 4.35. The molecule has 0 unspecified atom stereocenters. The number of rotatable bonds is 3. The Balaban J connectivity index is 2.37. The van der Waals surface area contributed by atoms with Gasteiger partial charge in [-0.25, -0.2) is 4.39 Å². The molecule has 18 heavy (non-hydrogen) atoms. The van der Waals surface area contributed by atoms with E-state index in [0.29, 0.717) is 14.3 Å². The van der Waals surface area contributed by atoms with Crippen molar-refractivity contribution in [2.24, 2.45) is 0 Å². The zero-order valence-corrected chi connectivity index (χ0v) is 11.4. The van der Waals surface area contributed by atoms with E-state index in [1.54, 1.807) is 24.3 Å². The van der Waals surface area contributed by atoms with Gasteiger partial charge in [0, 0.05) is 15.4 Å². The summed E-state index contributed by atoms with van der Waals surface area (Å²) in [6.45, 7) is 0. The summed E-state index contributed by atoms with van der Waals surface area (Å²) in [5.74, 6) is -0.361. The zero-order chi connectivity index (χ0) is 13.1. The standard InChI is InChI=1S/C12H7BrFNO2S/c13-8-4-5-12(11(6-8)15(16)17)18-10-3-1-2-9(14)7-10/h1-7H. The second-order valence-corrected chi connectivity index (χ2v) is 5.46. The Kier molecular flexibility index (Phi) is 3.98. The molecule has 0 aliphatic rings. The van der Waals surface area contributed by atoms with Crippen molar-refractivity contribution in [2.75, 3.05) is 0 Å². The van der Waals surface area contributed by atoms with Crippen LogP contribution in [0, 0.1) is 15.9 Å². The highest BCUT2D eigenvalue weighted by Crippen LogP contribution is 2.36. The average molecular weight is 328 g/mol. The summed E-state index contributed by atoms with van der Waals surface area (Å²) in [7, 11) is 0. The largest absolute Gasteiger partial charge is 0.284 e. The fourth-order valence-electron chi connectivity index (χ4n) is 1.38. The molecule has 0 N–H and O–H groups in total. The zero-order valence-electron chi connectivity index (χ0n) is 8.97. The lowest BCUT2D eigenvalue weighted by Gasteiger charge is -2.03. The molecule has 0 atom stereocenters. The minimum absolute atomic E-state index is 0.00126. The topological polar surface area (TPSA) is 43.1 Å². The summed E-state index contributed by atoms with van der Waals surface area (Å²) in [4.78, 5) is 11.6. The lowest BCUT2D eigenvalue weighted by molar-refractivity contribution is -0.387. The lowest BCUT2D eigenvalue weighted by Crippen LogP contribution is -1.90. The fourth-order valence-corrected chi connectivity index (χ4v) is 2.67. The molecule has 3 nitrogen and oxygen atoms in total. The highest BCUT2D eigenvalue weighted by molar-refractivity contribution is 9.10. The normalized spacial score (nSPS) is 10.3. The summed E-state index contributed by atoms with van der Waals surface area (Å²) in [5, 5.41) is 10.9. The highest BCUT2D eigenvalue weighted by Gasteiger charge is 2.15. The molecule has 0 bridgehead atoms. The molecule has 0 saturated carbocycles. The van der Waals surface area contributed by atoms with Crippen molar-refractivity contribution in [1.82, 2.24) is 0 Å².